The minimum absolute atomic E-state index is 0. The van der Waals surface area contributed by atoms with Gasteiger partial charge in [-0.1, -0.05) is 18.2 Å². The van der Waals surface area contributed by atoms with Gasteiger partial charge in [0.15, 0.2) is 0 Å². The van der Waals surface area contributed by atoms with E-state index >= 15 is 0 Å². The molecule has 0 unspecified atom stereocenters. The second-order valence-electron chi connectivity index (χ2n) is 3.17. The number of para-hydroxylation sites is 1. The molecule has 0 bridgehead atoms. The van der Waals surface area contributed by atoms with Gasteiger partial charge in [0.25, 0.3) is 10.1 Å². The molecule has 86 valence electrons. The Bertz CT molecular complexity index is 608. The first-order valence-electron chi connectivity index (χ1n) is 4.40. The van der Waals surface area contributed by atoms with Gasteiger partial charge >= 0.3 is 29.6 Å². The summed E-state index contributed by atoms with van der Waals surface area (Å²) in [6, 6.07) is 8.23. The Morgan fingerprint density at radius 2 is 1.88 bits per heavy atom. The van der Waals surface area contributed by atoms with Crippen molar-refractivity contribution in [3.05, 3.63) is 35.7 Å². The van der Waals surface area contributed by atoms with Gasteiger partial charge in [-0.25, -0.2) is 0 Å². The third kappa shape index (κ3) is 3.09. The summed E-state index contributed by atoms with van der Waals surface area (Å²) >= 11 is 1.45. The Kier molecular flexibility index (Phi) is 4.77. The van der Waals surface area contributed by atoms with Gasteiger partial charge in [0.05, 0.1) is 5.69 Å². The van der Waals surface area contributed by atoms with Crippen LogP contribution >= 0.6 is 11.3 Å². The van der Waals surface area contributed by atoms with E-state index < -0.39 is 10.1 Å². The van der Waals surface area contributed by atoms with Crippen LogP contribution in [-0.2, 0) is 10.1 Å². The van der Waals surface area contributed by atoms with Crippen molar-refractivity contribution in [1.29, 1.82) is 0 Å². The number of nitrogens with two attached hydrogens (primary N) is 1. The van der Waals surface area contributed by atoms with E-state index in [-0.39, 0.29) is 40.1 Å². The van der Waals surface area contributed by atoms with Crippen LogP contribution in [0.4, 0.5) is 5.69 Å². The summed E-state index contributed by atoms with van der Waals surface area (Å²) < 4.78 is 31.1. The molecule has 0 aliphatic rings. The zero-order valence-corrected chi connectivity index (χ0v) is 9.75. The van der Waals surface area contributed by atoms with E-state index in [1.54, 1.807) is 12.1 Å². The SMILES string of the molecule is Nc1c(-c2cccs2)cccc1S(=O)(=O)O.[NaH]. The minimum atomic E-state index is -4.27. The van der Waals surface area contributed by atoms with E-state index in [0.717, 1.165) is 4.88 Å². The Hall–Kier alpha value is -0.370. The number of nitrogen functional groups attached to an aromatic ring is 1. The molecule has 7 heteroatoms. The van der Waals surface area contributed by atoms with Gasteiger partial charge in [0, 0.05) is 10.4 Å². The first-order valence-corrected chi connectivity index (χ1v) is 6.72. The van der Waals surface area contributed by atoms with E-state index in [9.17, 15) is 8.42 Å². The third-order valence-electron chi connectivity index (χ3n) is 2.13. The molecule has 2 aromatic rings. The van der Waals surface area contributed by atoms with Crippen molar-refractivity contribution in [3.8, 4) is 10.4 Å². The molecule has 1 aromatic carbocycles. The Labute approximate surface area is 126 Å². The van der Waals surface area contributed by atoms with Crippen LogP contribution in [0.15, 0.2) is 40.6 Å². The monoisotopic (exact) mass is 279 g/mol. The number of rotatable bonds is 2. The average molecular weight is 279 g/mol. The Balaban J connectivity index is 0.00000144. The molecular formula is C10H10NNaO3S2. The standard InChI is InChI=1S/C10H9NO3S2.Na.H/c11-10-7(8-4-2-6-15-8)3-1-5-9(10)16(12,13)14;;/h1-6H,11H2,(H,12,13,14);;. The van der Waals surface area contributed by atoms with E-state index in [1.807, 2.05) is 17.5 Å². The molecule has 2 rings (SSSR count). The fourth-order valence-electron chi connectivity index (χ4n) is 1.42. The molecule has 1 heterocycles. The molecule has 0 saturated carbocycles. The first-order chi connectivity index (χ1) is 7.50. The molecule has 0 aliphatic heterocycles. The number of anilines is 1. The van der Waals surface area contributed by atoms with Crippen LogP contribution in [0.3, 0.4) is 0 Å². The summed E-state index contributed by atoms with van der Waals surface area (Å²) in [5, 5.41) is 1.87. The van der Waals surface area contributed by atoms with Crippen LogP contribution in [0.2, 0.25) is 0 Å². The van der Waals surface area contributed by atoms with E-state index in [0.29, 0.717) is 5.56 Å². The molecule has 0 fully saturated rings. The maximum absolute atomic E-state index is 11.1. The Morgan fingerprint density at radius 1 is 1.18 bits per heavy atom. The van der Waals surface area contributed by atoms with Crippen molar-refractivity contribution >= 4 is 56.7 Å². The van der Waals surface area contributed by atoms with Gasteiger partial charge in [0.2, 0.25) is 0 Å². The van der Waals surface area contributed by atoms with Crippen molar-refractivity contribution < 1.29 is 13.0 Å². The molecule has 0 spiro atoms. The molecule has 0 saturated heterocycles. The molecule has 0 atom stereocenters. The fourth-order valence-corrected chi connectivity index (χ4v) is 2.82. The molecule has 17 heavy (non-hydrogen) atoms. The Morgan fingerprint density at radius 3 is 2.41 bits per heavy atom. The van der Waals surface area contributed by atoms with E-state index in [4.69, 9.17) is 10.3 Å². The average Bonchev–Trinajstić information content (AvgIpc) is 2.69. The van der Waals surface area contributed by atoms with Crippen molar-refractivity contribution in [2.75, 3.05) is 5.73 Å². The summed E-state index contributed by atoms with van der Waals surface area (Å²) in [6.07, 6.45) is 0. The van der Waals surface area contributed by atoms with Crippen LogP contribution < -0.4 is 5.73 Å². The first kappa shape index (κ1) is 14.7. The summed E-state index contributed by atoms with van der Waals surface area (Å²) in [5.74, 6) is 0. The van der Waals surface area contributed by atoms with Crippen molar-refractivity contribution in [3.63, 3.8) is 0 Å². The summed E-state index contributed by atoms with van der Waals surface area (Å²) in [7, 11) is -4.27. The van der Waals surface area contributed by atoms with E-state index in [2.05, 4.69) is 0 Å². The third-order valence-corrected chi connectivity index (χ3v) is 3.95. The quantitative estimate of drug-likeness (QED) is 0.497. The number of thiophene rings is 1. The van der Waals surface area contributed by atoms with Gasteiger partial charge in [0.1, 0.15) is 4.90 Å². The van der Waals surface area contributed by atoms with Crippen LogP contribution in [0.5, 0.6) is 0 Å². The zero-order chi connectivity index (χ0) is 11.8. The van der Waals surface area contributed by atoms with Crippen LogP contribution in [0, 0.1) is 0 Å². The van der Waals surface area contributed by atoms with Crippen LogP contribution in [0.25, 0.3) is 10.4 Å². The second kappa shape index (κ2) is 5.51. The van der Waals surface area contributed by atoms with Crippen LogP contribution in [0.1, 0.15) is 0 Å². The van der Waals surface area contributed by atoms with Crippen LogP contribution in [-0.4, -0.2) is 42.5 Å². The molecule has 4 nitrogen and oxygen atoms in total. The molecule has 1 aromatic heterocycles. The number of hydrogen-bond acceptors (Lipinski definition) is 4. The summed E-state index contributed by atoms with van der Waals surface area (Å²) in [4.78, 5) is 0.612. The normalized spacial score (nSPS) is 10.9. The topological polar surface area (TPSA) is 80.4 Å². The van der Waals surface area contributed by atoms with Crippen molar-refractivity contribution in [2.45, 2.75) is 4.90 Å². The zero-order valence-electron chi connectivity index (χ0n) is 8.12. The number of benzene rings is 1. The summed E-state index contributed by atoms with van der Waals surface area (Å²) in [5.41, 5.74) is 6.42. The second-order valence-corrected chi connectivity index (χ2v) is 5.51. The van der Waals surface area contributed by atoms with Crippen molar-refractivity contribution in [1.82, 2.24) is 0 Å². The van der Waals surface area contributed by atoms with Gasteiger partial charge < -0.3 is 5.73 Å². The van der Waals surface area contributed by atoms with E-state index in [1.165, 1.54) is 17.4 Å². The molecule has 0 amide bonds. The van der Waals surface area contributed by atoms with Gasteiger partial charge in [-0.15, -0.1) is 11.3 Å². The predicted octanol–water partition coefficient (Wildman–Crippen LogP) is 1.60. The van der Waals surface area contributed by atoms with Gasteiger partial charge in [-0.2, -0.15) is 8.42 Å². The van der Waals surface area contributed by atoms with Crippen molar-refractivity contribution in [2.24, 2.45) is 0 Å². The fraction of sp³-hybridized carbons (Fsp3) is 0. The summed E-state index contributed by atoms with van der Waals surface area (Å²) in [6.45, 7) is 0. The molecule has 0 aliphatic carbocycles. The maximum atomic E-state index is 11.1. The molecular weight excluding hydrogens is 269 g/mol. The molecule has 3 N–H and O–H groups in total. The van der Waals surface area contributed by atoms with Gasteiger partial charge in [-0.3, -0.25) is 4.55 Å². The number of hydrogen-bond donors (Lipinski definition) is 2. The molecule has 0 radical (unpaired) electrons. The predicted molar refractivity (Wildman–Crippen MR) is 71.1 cm³/mol. The van der Waals surface area contributed by atoms with Gasteiger partial charge in [-0.05, 0) is 17.5 Å².